The Morgan fingerprint density at radius 2 is 2.15 bits per heavy atom. The van der Waals surface area contributed by atoms with E-state index in [1.807, 2.05) is 0 Å². The van der Waals surface area contributed by atoms with Crippen LogP contribution in [0.4, 0.5) is 0 Å². The lowest BCUT2D eigenvalue weighted by Crippen LogP contribution is -2.33. The Balaban J connectivity index is 2.54. The van der Waals surface area contributed by atoms with Gasteiger partial charge in [-0.05, 0) is 0 Å². The number of rotatable bonds is 3. The second kappa shape index (κ2) is 3.53. The van der Waals surface area contributed by atoms with Crippen LogP contribution in [0.2, 0.25) is 0 Å². The molecule has 1 heterocycles. The highest BCUT2D eigenvalue weighted by Crippen LogP contribution is 2.12. The Kier molecular flexibility index (Phi) is 2.62. The van der Waals surface area contributed by atoms with Crippen molar-refractivity contribution in [3.63, 3.8) is 0 Å². The van der Waals surface area contributed by atoms with Gasteiger partial charge in [-0.1, -0.05) is 0 Å². The Bertz CT molecular complexity index is 262. The maximum Gasteiger partial charge on any atom is 0.305 e. The molecule has 2 amide bonds. The van der Waals surface area contributed by atoms with Crippen molar-refractivity contribution >= 4 is 17.8 Å². The number of likely N-dealkylation sites (tertiary alicyclic amines) is 1. The van der Waals surface area contributed by atoms with Gasteiger partial charge in [0.1, 0.15) is 6.10 Å². The van der Waals surface area contributed by atoms with E-state index in [4.69, 9.17) is 10.2 Å². The van der Waals surface area contributed by atoms with Crippen LogP contribution in [0.3, 0.4) is 0 Å². The zero-order chi connectivity index (χ0) is 10.0. The largest absolute Gasteiger partial charge is 0.481 e. The molecule has 1 aliphatic rings. The minimum atomic E-state index is -1.29. The van der Waals surface area contributed by atoms with E-state index < -0.39 is 23.9 Å². The van der Waals surface area contributed by atoms with Gasteiger partial charge in [-0.2, -0.15) is 0 Å². The molecule has 1 rings (SSSR count). The average molecular weight is 187 g/mol. The van der Waals surface area contributed by atoms with Crippen LogP contribution in [0.25, 0.3) is 0 Å². The van der Waals surface area contributed by atoms with E-state index in [-0.39, 0.29) is 19.4 Å². The second-order valence-electron chi connectivity index (χ2n) is 2.75. The van der Waals surface area contributed by atoms with Crippen molar-refractivity contribution in [2.45, 2.75) is 18.9 Å². The molecular weight excluding hydrogens is 178 g/mol. The van der Waals surface area contributed by atoms with Crippen molar-refractivity contribution in [3.05, 3.63) is 0 Å². The third kappa shape index (κ3) is 2.03. The third-order valence-corrected chi connectivity index (χ3v) is 1.77. The number of aliphatic hydroxyl groups excluding tert-OH is 1. The Morgan fingerprint density at radius 1 is 1.54 bits per heavy atom. The van der Waals surface area contributed by atoms with Crippen molar-refractivity contribution in [3.8, 4) is 0 Å². The molecule has 0 bridgehead atoms. The fourth-order valence-electron chi connectivity index (χ4n) is 1.11. The summed E-state index contributed by atoms with van der Waals surface area (Å²) in [5.74, 6) is -2.30. The molecule has 1 fully saturated rings. The van der Waals surface area contributed by atoms with Gasteiger partial charge in [-0.3, -0.25) is 19.3 Å². The van der Waals surface area contributed by atoms with Crippen LogP contribution in [0.5, 0.6) is 0 Å². The van der Waals surface area contributed by atoms with Crippen molar-refractivity contribution in [1.29, 1.82) is 0 Å². The number of aliphatic hydroxyl groups is 1. The summed E-state index contributed by atoms with van der Waals surface area (Å²) in [6, 6.07) is 0. The number of carboxylic acids is 1. The lowest BCUT2D eigenvalue weighted by atomic mass is 10.3. The maximum absolute atomic E-state index is 11.0. The van der Waals surface area contributed by atoms with Gasteiger partial charge >= 0.3 is 5.97 Å². The monoisotopic (exact) mass is 187 g/mol. The zero-order valence-electron chi connectivity index (χ0n) is 6.77. The number of aliphatic carboxylic acids is 1. The number of carboxylic acid groups (broad SMARTS) is 1. The van der Waals surface area contributed by atoms with E-state index >= 15 is 0 Å². The second-order valence-corrected chi connectivity index (χ2v) is 2.75. The highest BCUT2D eigenvalue weighted by molar-refractivity contribution is 6.04. The normalized spacial score (nSPS) is 22.5. The van der Waals surface area contributed by atoms with Gasteiger partial charge in [-0.25, -0.2) is 0 Å². The van der Waals surface area contributed by atoms with Crippen LogP contribution in [0.1, 0.15) is 12.8 Å². The standard InChI is InChI=1S/C7H9NO5/c9-4-3-5(10)8(7(4)13)2-1-6(11)12/h4,9H,1-3H2,(H,11,12). The highest BCUT2D eigenvalue weighted by atomic mass is 16.4. The number of carbonyl (C=O) groups excluding carboxylic acids is 2. The Hall–Kier alpha value is -1.43. The van der Waals surface area contributed by atoms with Crippen molar-refractivity contribution < 1.29 is 24.6 Å². The van der Waals surface area contributed by atoms with Crippen LogP contribution in [0, 0.1) is 0 Å². The van der Waals surface area contributed by atoms with E-state index in [1.165, 1.54) is 0 Å². The Labute approximate surface area is 73.8 Å². The molecule has 0 spiro atoms. The van der Waals surface area contributed by atoms with Gasteiger partial charge in [-0.15, -0.1) is 0 Å². The topological polar surface area (TPSA) is 94.9 Å². The van der Waals surface area contributed by atoms with E-state index in [2.05, 4.69) is 0 Å². The van der Waals surface area contributed by atoms with Gasteiger partial charge in [0.2, 0.25) is 5.91 Å². The summed E-state index contributed by atoms with van der Waals surface area (Å²) >= 11 is 0. The summed E-state index contributed by atoms with van der Waals surface area (Å²) in [4.78, 5) is 32.9. The first kappa shape index (κ1) is 9.66. The summed E-state index contributed by atoms with van der Waals surface area (Å²) < 4.78 is 0. The van der Waals surface area contributed by atoms with Gasteiger partial charge in [0.05, 0.1) is 12.8 Å². The molecule has 1 unspecified atom stereocenters. The molecule has 0 aromatic rings. The molecule has 1 atom stereocenters. The number of hydrogen-bond donors (Lipinski definition) is 2. The van der Waals surface area contributed by atoms with E-state index in [0.29, 0.717) is 0 Å². The molecule has 0 aromatic carbocycles. The third-order valence-electron chi connectivity index (χ3n) is 1.77. The smallest absolute Gasteiger partial charge is 0.305 e. The minimum absolute atomic E-state index is 0.163. The number of hydrogen-bond acceptors (Lipinski definition) is 4. The molecule has 1 aliphatic heterocycles. The quantitative estimate of drug-likeness (QED) is 0.529. The Morgan fingerprint density at radius 3 is 2.54 bits per heavy atom. The number of carbonyl (C=O) groups is 3. The maximum atomic E-state index is 11.0. The van der Waals surface area contributed by atoms with Crippen molar-refractivity contribution in [1.82, 2.24) is 4.90 Å². The first-order chi connectivity index (χ1) is 6.02. The molecule has 0 aromatic heterocycles. The van der Waals surface area contributed by atoms with Crippen LogP contribution < -0.4 is 0 Å². The SMILES string of the molecule is O=C(O)CCN1C(=O)CC(O)C1=O. The molecule has 0 radical (unpaired) electrons. The molecule has 2 N–H and O–H groups in total. The van der Waals surface area contributed by atoms with Crippen LogP contribution in [0.15, 0.2) is 0 Å². The zero-order valence-corrected chi connectivity index (χ0v) is 6.77. The fraction of sp³-hybridized carbons (Fsp3) is 0.571. The van der Waals surface area contributed by atoms with Crippen molar-refractivity contribution in [2.75, 3.05) is 6.54 Å². The van der Waals surface area contributed by atoms with Gasteiger partial charge < -0.3 is 10.2 Å². The average Bonchev–Trinajstić information content (AvgIpc) is 2.24. The summed E-state index contributed by atoms with van der Waals surface area (Å²) in [5, 5.41) is 17.2. The molecule has 0 saturated carbocycles. The van der Waals surface area contributed by atoms with Gasteiger partial charge in [0, 0.05) is 6.54 Å². The molecule has 6 heteroatoms. The highest BCUT2D eigenvalue weighted by Gasteiger charge is 2.36. The summed E-state index contributed by atoms with van der Waals surface area (Å²) in [5.41, 5.74) is 0. The molecule has 72 valence electrons. The van der Waals surface area contributed by atoms with Crippen LogP contribution >= 0.6 is 0 Å². The van der Waals surface area contributed by atoms with Crippen molar-refractivity contribution in [2.24, 2.45) is 0 Å². The molecule has 1 saturated heterocycles. The number of imide groups is 1. The number of amides is 2. The predicted molar refractivity (Wildman–Crippen MR) is 39.6 cm³/mol. The van der Waals surface area contributed by atoms with E-state index in [1.54, 1.807) is 0 Å². The molecule has 0 aliphatic carbocycles. The van der Waals surface area contributed by atoms with Gasteiger partial charge in [0.25, 0.3) is 5.91 Å². The minimum Gasteiger partial charge on any atom is -0.481 e. The van der Waals surface area contributed by atoms with Gasteiger partial charge in [0.15, 0.2) is 0 Å². The fourth-order valence-corrected chi connectivity index (χ4v) is 1.11. The lowest BCUT2D eigenvalue weighted by molar-refractivity contribution is -0.142. The van der Waals surface area contributed by atoms with Crippen LogP contribution in [-0.4, -0.2) is 45.5 Å². The summed E-state index contributed by atoms with van der Waals surface area (Å²) in [6.45, 7) is -0.163. The number of nitrogens with zero attached hydrogens (tertiary/aromatic N) is 1. The molecule has 13 heavy (non-hydrogen) atoms. The predicted octanol–water partition coefficient (Wildman–Crippen LogP) is -1.42. The molecular formula is C7H9NO5. The first-order valence-electron chi connectivity index (χ1n) is 3.76. The van der Waals surface area contributed by atoms with E-state index in [0.717, 1.165) is 4.90 Å². The van der Waals surface area contributed by atoms with Crippen LogP contribution in [-0.2, 0) is 14.4 Å². The van der Waals surface area contributed by atoms with E-state index in [9.17, 15) is 14.4 Å². The summed E-state index contributed by atoms with van der Waals surface area (Å²) in [7, 11) is 0. The lowest BCUT2D eigenvalue weighted by Gasteiger charge is -2.11. The first-order valence-corrected chi connectivity index (χ1v) is 3.76. The molecule has 6 nitrogen and oxygen atoms in total. The summed E-state index contributed by atoms with van der Waals surface area (Å²) in [6.07, 6.45) is -1.82.